The van der Waals surface area contributed by atoms with Crippen LogP contribution in [0.15, 0.2) is 84.9 Å². The molecule has 22 heteroatoms. The minimum Gasteiger partial charge on any atom is -0.338 e. The molecule has 0 radical (unpaired) electrons. The molecule has 10 nitrogen and oxygen atoms in total. The van der Waals surface area contributed by atoms with Gasteiger partial charge in [-0.15, -0.1) is 0 Å². The molecule has 10 rings (SSSR count). The van der Waals surface area contributed by atoms with Crippen LogP contribution in [-0.4, -0.2) is 98.9 Å². The standard InChI is InChI=1S/2C28H31F5NO4P/c2*1-25(16-37-39(3,36)38-17-25)24(35)34-13-12-27(15-18-4-8-21(29)9-5-18)22-10-7-20(26(2,30)28(31,32)33)14-19(22)6-11-23(27)34/h2*4-5,7-10,14,23H,6,11-13,15-17H2,1-3H3/t2*23-,25?,26?,27-,39?/m11/s1. The van der Waals surface area contributed by atoms with Crippen molar-refractivity contribution in [2.75, 3.05) is 52.8 Å². The highest BCUT2D eigenvalue weighted by atomic mass is 31.2. The smallest absolute Gasteiger partial charge is 0.338 e. The van der Waals surface area contributed by atoms with Crippen LogP contribution < -0.4 is 0 Å². The number of benzene rings is 4. The molecule has 4 aliphatic heterocycles. The summed E-state index contributed by atoms with van der Waals surface area (Å²) in [6.07, 6.45) is -6.60. The Hall–Kier alpha value is -4.58. The van der Waals surface area contributed by atoms with Gasteiger partial charge in [-0.3, -0.25) is 18.7 Å². The molecule has 2 unspecified atom stereocenters. The van der Waals surface area contributed by atoms with Crippen molar-refractivity contribution in [3.8, 4) is 0 Å². The van der Waals surface area contributed by atoms with Crippen LogP contribution in [0.4, 0.5) is 43.9 Å². The number of carbonyl (C=O) groups is 2. The monoisotopic (exact) mass is 1140 g/mol. The van der Waals surface area contributed by atoms with Crippen molar-refractivity contribution in [1.29, 1.82) is 0 Å². The Morgan fingerprint density at radius 3 is 1.18 bits per heavy atom. The third kappa shape index (κ3) is 10.5. The number of aryl methyl sites for hydroxylation is 2. The fourth-order valence-corrected chi connectivity index (χ4v) is 14.8. The molecular weight excluding hydrogens is 1080 g/mol. The van der Waals surface area contributed by atoms with E-state index in [1.165, 1.54) is 61.9 Å². The highest BCUT2D eigenvalue weighted by Crippen LogP contribution is 2.57. The lowest BCUT2D eigenvalue weighted by Gasteiger charge is -2.46. The van der Waals surface area contributed by atoms with Gasteiger partial charge in [0.2, 0.25) is 23.2 Å². The first-order chi connectivity index (χ1) is 36.2. The summed E-state index contributed by atoms with van der Waals surface area (Å²) in [6, 6.07) is 19.6. The molecular formula is C56H62F10N2O8P2. The third-order valence-electron chi connectivity index (χ3n) is 17.3. The van der Waals surface area contributed by atoms with Crippen LogP contribution in [-0.2, 0) is 84.7 Å². The zero-order valence-electron chi connectivity index (χ0n) is 44.0. The second kappa shape index (κ2) is 20.1. The van der Waals surface area contributed by atoms with Gasteiger partial charge >= 0.3 is 27.5 Å². The number of hydrogen-bond donors (Lipinski definition) is 0. The van der Waals surface area contributed by atoms with E-state index in [4.69, 9.17) is 18.1 Å². The Morgan fingerprint density at radius 1 is 0.551 bits per heavy atom. The molecule has 424 valence electrons. The lowest BCUT2D eigenvalue weighted by Crippen LogP contribution is -2.55. The first-order valence-electron chi connectivity index (χ1n) is 25.8. The van der Waals surface area contributed by atoms with E-state index >= 15 is 0 Å². The van der Waals surface area contributed by atoms with Gasteiger partial charge in [0, 0.05) is 49.3 Å². The fourth-order valence-electron chi connectivity index (χ4n) is 12.6. The maximum absolute atomic E-state index is 14.9. The topological polar surface area (TPSA) is 112 Å². The maximum atomic E-state index is 14.9. The average molecular weight is 1140 g/mol. The van der Waals surface area contributed by atoms with Crippen LogP contribution in [0.3, 0.4) is 0 Å². The quantitative estimate of drug-likeness (QED) is 0.127. The summed E-state index contributed by atoms with van der Waals surface area (Å²) in [5.41, 5.74) is -6.93. The first kappa shape index (κ1) is 58.1. The van der Waals surface area contributed by atoms with Gasteiger partial charge in [-0.2, -0.15) is 26.3 Å². The molecule has 78 heavy (non-hydrogen) atoms. The number of carbonyl (C=O) groups excluding carboxylic acids is 2. The van der Waals surface area contributed by atoms with Crippen LogP contribution in [0.25, 0.3) is 0 Å². The van der Waals surface area contributed by atoms with Gasteiger partial charge in [-0.1, -0.05) is 60.7 Å². The van der Waals surface area contributed by atoms with Crippen LogP contribution in [0.1, 0.15) is 97.9 Å². The van der Waals surface area contributed by atoms with Gasteiger partial charge in [-0.05, 0) is 148 Å². The Bertz CT molecular complexity index is 2840. The van der Waals surface area contributed by atoms with E-state index < -0.39 is 83.3 Å². The second-order valence-electron chi connectivity index (χ2n) is 23.0. The Balaban J connectivity index is 0.000000190. The molecule has 6 atom stereocenters. The highest BCUT2D eigenvalue weighted by molar-refractivity contribution is 7.53. The average Bonchev–Trinajstić information content (AvgIpc) is 3.98. The van der Waals surface area contributed by atoms with Crippen LogP contribution >= 0.6 is 15.2 Å². The fraction of sp³-hybridized carbons (Fsp3) is 0.536. The number of fused-ring (bicyclic) bond motifs is 6. The Morgan fingerprint density at radius 2 is 0.872 bits per heavy atom. The summed E-state index contributed by atoms with van der Waals surface area (Å²) < 4.78 is 184. The maximum Gasteiger partial charge on any atom is 0.426 e. The molecule has 0 spiro atoms. The second-order valence-corrected chi connectivity index (χ2v) is 27.1. The molecule has 0 N–H and O–H groups in total. The summed E-state index contributed by atoms with van der Waals surface area (Å²) in [6.45, 7) is 7.71. The predicted octanol–water partition coefficient (Wildman–Crippen LogP) is 13.0. The highest BCUT2D eigenvalue weighted by Gasteiger charge is 2.60. The number of halogens is 10. The van der Waals surface area contributed by atoms with Crippen molar-refractivity contribution in [2.45, 2.75) is 126 Å². The van der Waals surface area contributed by atoms with E-state index in [1.54, 1.807) is 60.0 Å². The molecule has 4 fully saturated rings. The number of likely N-dealkylation sites (tertiary alicyclic amines) is 2. The van der Waals surface area contributed by atoms with Gasteiger partial charge < -0.3 is 27.9 Å². The third-order valence-corrected chi connectivity index (χ3v) is 19.7. The van der Waals surface area contributed by atoms with E-state index in [0.29, 0.717) is 89.4 Å². The Labute approximate surface area is 446 Å². The molecule has 4 aromatic rings. The molecule has 2 amide bonds. The largest absolute Gasteiger partial charge is 0.426 e. The van der Waals surface area contributed by atoms with E-state index in [2.05, 4.69) is 0 Å². The summed E-state index contributed by atoms with van der Waals surface area (Å²) in [5, 5.41) is 0. The number of rotatable bonds is 8. The molecule has 6 aliphatic rings. The van der Waals surface area contributed by atoms with E-state index in [0.717, 1.165) is 22.3 Å². The van der Waals surface area contributed by atoms with Crippen molar-refractivity contribution < 1.29 is 80.7 Å². The van der Waals surface area contributed by atoms with Gasteiger partial charge in [0.05, 0.1) is 37.3 Å². The summed E-state index contributed by atoms with van der Waals surface area (Å²) in [5.74, 6) is -1.20. The molecule has 4 saturated heterocycles. The van der Waals surface area contributed by atoms with Gasteiger partial charge in [0.25, 0.3) is 0 Å². The lowest BCUT2D eigenvalue weighted by molar-refractivity contribution is -0.229. The summed E-state index contributed by atoms with van der Waals surface area (Å²) in [7, 11) is -6.43. The SMILES string of the molecule is CC1(C(=O)N2CC[C@@]3(Cc4ccc(F)cc4)c4ccc(C(C)(F)C(F)(F)F)cc4CC[C@@H]23)COP(C)(=O)OC1.CC1(C(=O)N2CC[C@@]3(Cc4ccc(F)cc4)c4ccc(C(C)(F)C(F)(F)F)cc4CC[C@@H]23)COP(C)(=O)OC1. The number of hydrogen-bond acceptors (Lipinski definition) is 8. The summed E-state index contributed by atoms with van der Waals surface area (Å²) >= 11 is 0. The number of nitrogens with zero attached hydrogens (tertiary/aromatic N) is 2. The van der Waals surface area contributed by atoms with E-state index in [1.807, 2.05) is 0 Å². The zero-order valence-corrected chi connectivity index (χ0v) is 45.8. The van der Waals surface area contributed by atoms with Crippen molar-refractivity contribution in [2.24, 2.45) is 10.8 Å². The van der Waals surface area contributed by atoms with Crippen molar-refractivity contribution >= 4 is 27.0 Å². The van der Waals surface area contributed by atoms with E-state index in [9.17, 15) is 62.6 Å². The number of amides is 2. The molecule has 2 aliphatic carbocycles. The Kier molecular flexibility index (Phi) is 15.0. The van der Waals surface area contributed by atoms with Crippen LogP contribution in [0.5, 0.6) is 0 Å². The lowest BCUT2D eigenvalue weighted by atomic mass is 9.63. The minimum atomic E-state index is -5.07. The first-order valence-corrected chi connectivity index (χ1v) is 29.8. The van der Waals surface area contributed by atoms with Crippen LogP contribution in [0.2, 0.25) is 0 Å². The number of alkyl halides is 8. The van der Waals surface area contributed by atoms with Gasteiger partial charge in [0.1, 0.15) is 11.6 Å². The molecule has 0 saturated carbocycles. The predicted molar refractivity (Wildman–Crippen MR) is 269 cm³/mol. The van der Waals surface area contributed by atoms with Crippen LogP contribution in [0, 0.1) is 22.5 Å². The van der Waals surface area contributed by atoms with Crippen molar-refractivity contribution in [3.63, 3.8) is 0 Å². The zero-order chi connectivity index (χ0) is 56.9. The molecule has 0 bridgehead atoms. The van der Waals surface area contributed by atoms with Gasteiger partial charge in [-0.25, -0.2) is 17.6 Å². The van der Waals surface area contributed by atoms with Gasteiger partial charge in [0.15, 0.2) is 0 Å². The molecule has 4 aromatic carbocycles. The molecule has 0 aromatic heterocycles. The normalized spacial score (nSPS) is 32.3. The van der Waals surface area contributed by atoms with E-state index in [-0.39, 0.29) is 50.3 Å². The minimum absolute atomic E-state index is 0.0553. The summed E-state index contributed by atoms with van der Waals surface area (Å²) in [4.78, 5) is 31.3. The van der Waals surface area contributed by atoms with Crippen molar-refractivity contribution in [3.05, 3.63) is 141 Å². The molecule has 4 heterocycles. The van der Waals surface area contributed by atoms with Crippen molar-refractivity contribution in [1.82, 2.24) is 9.80 Å².